The monoisotopic (exact) mass is 267 g/mol. The standard InChI is InChI=1S/C19H25N/c1-15(17-11-7-5-8-12-17)19(16(2)20(3)4)18-13-9-6-10-14-18/h5,7-8,11-13H,1,6,9-10,14H2,2-4H3/b19-16+. The Bertz CT molecular complexity index is 532. The van der Waals surface area contributed by atoms with Crippen LogP contribution in [0, 0.1) is 0 Å². The summed E-state index contributed by atoms with van der Waals surface area (Å²) in [5.74, 6) is 0. The van der Waals surface area contributed by atoms with Crippen molar-refractivity contribution in [3.05, 3.63) is 65.4 Å². The summed E-state index contributed by atoms with van der Waals surface area (Å²) in [5.41, 5.74) is 6.46. The van der Waals surface area contributed by atoms with E-state index < -0.39 is 0 Å². The lowest BCUT2D eigenvalue weighted by atomic mass is 9.86. The number of rotatable bonds is 4. The van der Waals surface area contributed by atoms with Gasteiger partial charge in [-0.15, -0.1) is 0 Å². The predicted octanol–water partition coefficient (Wildman–Crippen LogP) is 5.04. The summed E-state index contributed by atoms with van der Waals surface area (Å²) in [6, 6.07) is 10.5. The molecule has 0 saturated carbocycles. The van der Waals surface area contributed by atoms with Crippen molar-refractivity contribution in [3.63, 3.8) is 0 Å². The molecule has 0 bridgehead atoms. The highest BCUT2D eigenvalue weighted by Gasteiger charge is 2.16. The normalized spacial score (nSPS) is 16.2. The van der Waals surface area contributed by atoms with E-state index in [2.05, 4.69) is 68.9 Å². The molecule has 0 atom stereocenters. The molecule has 0 heterocycles. The van der Waals surface area contributed by atoms with Crippen LogP contribution < -0.4 is 0 Å². The lowest BCUT2D eigenvalue weighted by Gasteiger charge is -2.25. The third kappa shape index (κ3) is 3.22. The third-order valence-electron chi connectivity index (χ3n) is 4.07. The van der Waals surface area contributed by atoms with Crippen molar-refractivity contribution in [1.82, 2.24) is 4.90 Å². The van der Waals surface area contributed by atoms with Crippen LogP contribution in [0.25, 0.3) is 5.57 Å². The summed E-state index contributed by atoms with van der Waals surface area (Å²) in [6.45, 7) is 6.57. The first-order valence-electron chi connectivity index (χ1n) is 7.43. The van der Waals surface area contributed by atoms with E-state index in [-0.39, 0.29) is 0 Å². The molecular weight excluding hydrogens is 242 g/mol. The molecule has 0 N–H and O–H groups in total. The fourth-order valence-electron chi connectivity index (χ4n) is 2.72. The van der Waals surface area contributed by atoms with E-state index in [0.29, 0.717) is 0 Å². The molecule has 0 amide bonds. The van der Waals surface area contributed by atoms with Crippen molar-refractivity contribution in [3.8, 4) is 0 Å². The molecule has 0 fully saturated rings. The Hall–Kier alpha value is -1.76. The van der Waals surface area contributed by atoms with E-state index in [9.17, 15) is 0 Å². The zero-order valence-corrected chi connectivity index (χ0v) is 12.9. The second kappa shape index (κ2) is 6.60. The van der Waals surface area contributed by atoms with Crippen LogP contribution in [0.1, 0.15) is 38.2 Å². The van der Waals surface area contributed by atoms with Crippen molar-refractivity contribution in [1.29, 1.82) is 0 Å². The first-order chi connectivity index (χ1) is 9.61. The topological polar surface area (TPSA) is 3.24 Å². The van der Waals surface area contributed by atoms with Crippen molar-refractivity contribution >= 4 is 5.57 Å². The summed E-state index contributed by atoms with van der Waals surface area (Å²) in [7, 11) is 4.22. The number of hydrogen-bond acceptors (Lipinski definition) is 1. The first kappa shape index (κ1) is 14.6. The molecule has 0 saturated heterocycles. The van der Waals surface area contributed by atoms with Gasteiger partial charge in [0.05, 0.1) is 0 Å². The average molecular weight is 267 g/mol. The molecule has 0 radical (unpaired) electrons. The average Bonchev–Trinajstić information content (AvgIpc) is 2.49. The van der Waals surface area contributed by atoms with Gasteiger partial charge in [0.2, 0.25) is 0 Å². The molecule has 106 valence electrons. The molecule has 1 nitrogen and oxygen atoms in total. The second-order valence-corrected chi connectivity index (χ2v) is 5.67. The number of hydrogen-bond donors (Lipinski definition) is 0. The van der Waals surface area contributed by atoms with Gasteiger partial charge < -0.3 is 4.90 Å². The second-order valence-electron chi connectivity index (χ2n) is 5.67. The van der Waals surface area contributed by atoms with Gasteiger partial charge in [0.15, 0.2) is 0 Å². The van der Waals surface area contributed by atoms with Gasteiger partial charge in [0, 0.05) is 25.4 Å². The Morgan fingerprint density at radius 1 is 1.10 bits per heavy atom. The molecule has 1 aromatic rings. The molecule has 0 spiro atoms. The Morgan fingerprint density at radius 2 is 1.80 bits per heavy atom. The zero-order chi connectivity index (χ0) is 14.5. The molecule has 1 aliphatic rings. The van der Waals surface area contributed by atoms with Gasteiger partial charge in [-0.05, 0) is 49.3 Å². The van der Waals surface area contributed by atoms with Gasteiger partial charge in [-0.2, -0.15) is 0 Å². The molecule has 20 heavy (non-hydrogen) atoms. The van der Waals surface area contributed by atoms with E-state index in [1.54, 1.807) is 0 Å². The maximum absolute atomic E-state index is 4.38. The predicted molar refractivity (Wildman–Crippen MR) is 88.4 cm³/mol. The fourth-order valence-corrected chi connectivity index (χ4v) is 2.72. The van der Waals surface area contributed by atoms with Crippen LogP contribution >= 0.6 is 0 Å². The molecule has 0 aliphatic heterocycles. The maximum atomic E-state index is 4.38. The van der Waals surface area contributed by atoms with E-state index in [4.69, 9.17) is 0 Å². The van der Waals surface area contributed by atoms with Crippen molar-refractivity contribution in [2.24, 2.45) is 0 Å². The minimum absolute atomic E-state index is 1.14. The molecule has 0 unspecified atom stereocenters. The van der Waals surface area contributed by atoms with Crippen molar-refractivity contribution in [2.75, 3.05) is 14.1 Å². The maximum Gasteiger partial charge on any atom is 0.0178 e. The lowest BCUT2D eigenvalue weighted by Crippen LogP contribution is -2.13. The molecule has 1 heteroatoms. The number of allylic oxidation sites excluding steroid dienone is 5. The highest BCUT2D eigenvalue weighted by atomic mass is 15.1. The molecule has 0 aromatic heterocycles. The molecule has 1 aliphatic carbocycles. The SMILES string of the molecule is C=C(/C(C1=CCCCC1)=C(/C)N(C)C)c1ccccc1. The third-order valence-corrected chi connectivity index (χ3v) is 4.07. The quantitative estimate of drug-likeness (QED) is 0.691. The van der Waals surface area contributed by atoms with Crippen LogP contribution in [-0.2, 0) is 0 Å². The highest BCUT2D eigenvalue weighted by molar-refractivity contribution is 5.82. The number of nitrogens with zero attached hydrogens (tertiary/aromatic N) is 1. The lowest BCUT2D eigenvalue weighted by molar-refractivity contribution is 0.509. The molecule has 1 aromatic carbocycles. The molecular formula is C19H25N. The Labute approximate surface area is 123 Å². The largest absolute Gasteiger partial charge is 0.381 e. The summed E-state index contributed by atoms with van der Waals surface area (Å²) in [5, 5.41) is 0. The van der Waals surface area contributed by atoms with Crippen LogP contribution in [0.4, 0.5) is 0 Å². The van der Waals surface area contributed by atoms with Gasteiger partial charge in [0.25, 0.3) is 0 Å². The van der Waals surface area contributed by atoms with Gasteiger partial charge in [0.1, 0.15) is 0 Å². The van der Waals surface area contributed by atoms with Gasteiger partial charge in [-0.25, -0.2) is 0 Å². The molecule has 2 rings (SSSR count). The van der Waals surface area contributed by atoms with Crippen LogP contribution in [0.3, 0.4) is 0 Å². The Kier molecular flexibility index (Phi) is 4.84. The van der Waals surface area contributed by atoms with Gasteiger partial charge in [-0.3, -0.25) is 0 Å². The van der Waals surface area contributed by atoms with Gasteiger partial charge in [-0.1, -0.05) is 43.0 Å². The van der Waals surface area contributed by atoms with Crippen molar-refractivity contribution < 1.29 is 0 Å². The smallest absolute Gasteiger partial charge is 0.0178 e. The first-order valence-corrected chi connectivity index (χ1v) is 7.43. The van der Waals surface area contributed by atoms with Crippen LogP contribution in [0.2, 0.25) is 0 Å². The Morgan fingerprint density at radius 3 is 2.35 bits per heavy atom. The highest BCUT2D eigenvalue weighted by Crippen LogP contribution is 2.35. The summed E-state index contributed by atoms with van der Waals surface area (Å²) in [6.07, 6.45) is 7.38. The number of benzene rings is 1. The van der Waals surface area contributed by atoms with Crippen molar-refractivity contribution in [2.45, 2.75) is 32.6 Å². The van der Waals surface area contributed by atoms with Crippen LogP contribution in [0.5, 0.6) is 0 Å². The van der Waals surface area contributed by atoms with E-state index >= 15 is 0 Å². The van der Waals surface area contributed by atoms with Crippen LogP contribution in [0.15, 0.2) is 59.8 Å². The van der Waals surface area contributed by atoms with E-state index in [1.807, 2.05) is 0 Å². The Balaban J connectivity index is 2.45. The summed E-state index contributed by atoms with van der Waals surface area (Å²) in [4.78, 5) is 2.19. The fraction of sp³-hybridized carbons (Fsp3) is 0.368. The van der Waals surface area contributed by atoms with Gasteiger partial charge >= 0.3 is 0 Å². The van der Waals surface area contributed by atoms with E-state index in [0.717, 1.165) is 5.57 Å². The zero-order valence-electron chi connectivity index (χ0n) is 12.9. The minimum Gasteiger partial charge on any atom is -0.381 e. The minimum atomic E-state index is 1.14. The summed E-state index contributed by atoms with van der Waals surface area (Å²) >= 11 is 0. The van der Waals surface area contributed by atoms with Crippen LogP contribution in [-0.4, -0.2) is 19.0 Å². The summed E-state index contributed by atoms with van der Waals surface area (Å²) < 4.78 is 0. The van der Waals surface area contributed by atoms with E-state index in [1.165, 1.54) is 48.1 Å².